The minimum Gasteiger partial charge on any atom is -0.382 e. The summed E-state index contributed by atoms with van der Waals surface area (Å²) in [5.74, 6) is -0.423. The first-order chi connectivity index (χ1) is 11.5. The number of thiophene rings is 1. The molecule has 0 aliphatic carbocycles. The van der Waals surface area contributed by atoms with Crippen LogP contribution in [-0.2, 0) is 14.4 Å². The Morgan fingerprint density at radius 2 is 1.83 bits per heavy atom. The van der Waals surface area contributed by atoms with Crippen LogP contribution in [0.25, 0.3) is 0 Å². The van der Waals surface area contributed by atoms with E-state index < -0.39 is 6.10 Å². The standard InChI is InChI=1S/C16H14ClN3O3S/c1-9(21)18-10-2-4-11(5-3-10)19-16(22)13-8-12(20-23-13)14-6-7-15(17)24-14/h2-7,13H,8H2,1H3,(H,18,21)(H,19,22). The molecule has 3 rings (SSSR count). The van der Waals surface area contributed by atoms with Gasteiger partial charge in [-0.15, -0.1) is 11.3 Å². The molecule has 6 nitrogen and oxygen atoms in total. The maximum Gasteiger partial charge on any atom is 0.268 e. The summed E-state index contributed by atoms with van der Waals surface area (Å²) >= 11 is 7.30. The van der Waals surface area contributed by atoms with Crippen molar-refractivity contribution in [3.8, 4) is 0 Å². The first-order valence-corrected chi connectivity index (χ1v) is 8.37. The molecular weight excluding hydrogens is 350 g/mol. The zero-order chi connectivity index (χ0) is 17.1. The first kappa shape index (κ1) is 16.5. The van der Waals surface area contributed by atoms with Gasteiger partial charge in [-0.25, -0.2) is 0 Å². The van der Waals surface area contributed by atoms with E-state index >= 15 is 0 Å². The summed E-state index contributed by atoms with van der Waals surface area (Å²) in [6.45, 7) is 1.44. The molecule has 2 aromatic rings. The normalized spacial score (nSPS) is 16.2. The second kappa shape index (κ2) is 7.02. The fourth-order valence-electron chi connectivity index (χ4n) is 2.20. The lowest BCUT2D eigenvalue weighted by Crippen LogP contribution is -2.27. The van der Waals surface area contributed by atoms with Gasteiger partial charge in [-0.1, -0.05) is 16.8 Å². The Labute approximate surface area is 147 Å². The maximum absolute atomic E-state index is 12.3. The maximum atomic E-state index is 12.3. The molecule has 0 bridgehead atoms. The second-order valence-corrected chi connectivity index (χ2v) is 6.90. The number of nitrogens with zero attached hydrogens (tertiary/aromatic N) is 1. The van der Waals surface area contributed by atoms with Crippen LogP contribution in [0.3, 0.4) is 0 Å². The number of amides is 2. The average Bonchev–Trinajstić information content (AvgIpc) is 3.17. The summed E-state index contributed by atoms with van der Waals surface area (Å²) in [5.41, 5.74) is 2.00. The fourth-order valence-corrected chi connectivity index (χ4v) is 3.23. The molecule has 2 amide bonds. The van der Waals surface area contributed by atoms with Crippen LogP contribution in [0, 0.1) is 0 Å². The van der Waals surface area contributed by atoms with Crippen molar-refractivity contribution in [3.05, 3.63) is 45.6 Å². The molecule has 0 fully saturated rings. The van der Waals surface area contributed by atoms with Gasteiger partial charge in [0.25, 0.3) is 5.91 Å². The number of oxime groups is 1. The zero-order valence-electron chi connectivity index (χ0n) is 12.7. The predicted molar refractivity (Wildman–Crippen MR) is 94.7 cm³/mol. The number of rotatable bonds is 4. The minimum absolute atomic E-state index is 0.149. The van der Waals surface area contributed by atoms with Gasteiger partial charge in [0.15, 0.2) is 0 Å². The van der Waals surface area contributed by atoms with E-state index in [-0.39, 0.29) is 11.8 Å². The quantitative estimate of drug-likeness (QED) is 0.872. The summed E-state index contributed by atoms with van der Waals surface area (Å²) in [4.78, 5) is 29.4. The number of hydrogen-bond acceptors (Lipinski definition) is 5. The number of benzene rings is 1. The van der Waals surface area contributed by atoms with Crippen molar-refractivity contribution < 1.29 is 14.4 Å². The number of halogens is 1. The van der Waals surface area contributed by atoms with Gasteiger partial charge in [0.1, 0.15) is 5.71 Å². The van der Waals surface area contributed by atoms with Gasteiger partial charge in [-0.05, 0) is 36.4 Å². The van der Waals surface area contributed by atoms with Gasteiger partial charge < -0.3 is 15.5 Å². The van der Waals surface area contributed by atoms with E-state index in [9.17, 15) is 9.59 Å². The van der Waals surface area contributed by atoms with E-state index in [1.165, 1.54) is 18.3 Å². The van der Waals surface area contributed by atoms with E-state index in [2.05, 4.69) is 15.8 Å². The number of anilines is 2. The molecule has 1 aliphatic rings. The van der Waals surface area contributed by atoms with Crippen molar-refractivity contribution in [1.29, 1.82) is 0 Å². The number of carbonyl (C=O) groups excluding carboxylic acids is 2. The fraction of sp³-hybridized carbons (Fsp3) is 0.188. The predicted octanol–water partition coefficient (Wildman–Crippen LogP) is 3.49. The third-order valence-corrected chi connectivity index (χ3v) is 4.57. The number of hydrogen-bond donors (Lipinski definition) is 2. The highest BCUT2D eigenvalue weighted by molar-refractivity contribution is 7.18. The highest BCUT2D eigenvalue weighted by Gasteiger charge is 2.29. The third-order valence-electron chi connectivity index (χ3n) is 3.29. The molecule has 1 aromatic heterocycles. The molecule has 8 heteroatoms. The van der Waals surface area contributed by atoms with E-state index in [1.807, 2.05) is 6.07 Å². The van der Waals surface area contributed by atoms with E-state index in [0.29, 0.717) is 27.8 Å². The molecule has 124 valence electrons. The molecule has 0 spiro atoms. The van der Waals surface area contributed by atoms with Gasteiger partial charge in [0, 0.05) is 24.7 Å². The van der Waals surface area contributed by atoms with Crippen LogP contribution < -0.4 is 10.6 Å². The van der Waals surface area contributed by atoms with Gasteiger partial charge >= 0.3 is 0 Å². The Morgan fingerprint density at radius 3 is 2.42 bits per heavy atom. The average molecular weight is 364 g/mol. The van der Waals surface area contributed by atoms with Crippen LogP contribution in [-0.4, -0.2) is 23.6 Å². The largest absolute Gasteiger partial charge is 0.382 e. The molecule has 24 heavy (non-hydrogen) atoms. The number of nitrogens with one attached hydrogen (secondary N) is 2. The molecule has 2 N–H and O–H groups in total. The van der Waals surface area contributed by atoms with Crippen molar-refractivity contribution in [2.24, 2.45) is 5.16 Å². The molecular formula is C16H14ClN3O3S. The third kappa shape index (κ3) is 3.93. The van der Waals surface area contributed by atoms with Crippen molar-refractivity contribution in [3.63, 3.8) is 0 Å². The summed E-state index contributed by atoms with van der Waals surface area (Å²) in [6, 6.07) is 10.5. The first-order valence-electron chi connectivity index (χ1n) is 7.18. The molecule has 1 aromatic carbocycles. The Balaban J connectivity index is 1.57. The van der Waals surface area contributed by atoms with Crippen molar-refractivity contribution in [2.75, 3.05) is 10.6 Å². The zero-order valence-corrected chi connectivity index (χ0v) is 14.3. The van der Waals surface area contributed by atoms with Crippen molar-refractivity contribution >= 4 is 51.8 Å². The Morgan fingerprint density at radius 1 is 1.17 bits per heavy atom. The van der Waals surface area contributed by atoms with Crippen LogP contribution in [0.5, 0.6) is 0 Å². The summed E-state index contributed by atoms with van der Waals surface area (Å²) < 4.78 is 0.667. The molecule has 1 atom stereocenters. The van der Waals surface area contributed by atoms with Crippen LogP contribution >= 0.6 is 22.9 Å². The lowest BCUT2D eigenvalue weighted by molar-refractivity contribution is -0.125. The lowest BCUT2D eigenvalue weighted by Gasteiger charge is -2.10. The molecule has 0 saturated carbocycles. The van der Waals surface area contributed by atoms with Gasteiger partial charge in [-0.3, -0.25) is 9.59 Å². The Kier molecular flexibility index (Phi) is 4.82. The minimum atomic E-state index is -0.670. The van der Waals surface area contributed by atoms with Gasteiger partial charge in [0.05, 0.1) is 9.21 Å². The van der Waals surface area contributed by atoms with Crippen LogP contribution in [0.4, 0.5) is 11.4 Å². The van der Waals surface area contributed by atoms with Crippen molar-refractivity contribution in [1.82, 2.24) is 0 Å². The highest BCUT2D eigenvalue weighted by Crippen LogP contribution is 2.26. The second-order valence-electron chi connectivity index (χ2n) is 5.19. The lowest BCUT2D eigenvalue weighted by atomic mass is 10.1. The van der Waals surface area contributed by atoms with Crippen LogP contribution in [0.2, 0.25) is 4.34 Å². The van der Waals surface area contributed by atoms with E-state index in [1.54, 1.807) is 30.3 Å². The summed E-state index contributed by atoms with van der Waals surface area (Å²) in [5, 5.41) is 9.40. The van der Waals surface area contributed by atoms with Crippen LogP contribution in [0.15, 0.2) is 41.6 Å². The van der Waals surface area contributed by atoms with Crippen molar-refractivity contribution in [2.45, 2.75) is 19.4 Å². The molecule has 0 saturated heterocycles. The monoisotopic (exact) mass is 363 g/mol. The van der Waals surface area contributed by atoms with Crippen LogP contribution in [0.1, 0.15) is 18.2 Å². The SMILES string of the molecule is CC(=O)Nc1ccc(NC(=O)C2CC(c3ccc(Cl)s3)=NO2)cc1. The topological polar surface area (TPSA) is 79.8 Å². The van der Waals surface area contributed by atoms with Gasteiger partial charge in [0.2, 0.25) is 12.0 Å². The van der Waals surface area contributed by atoms with Gasteiger partial charge in [-0.2, -0.15) is 0 Å². The highest BCUT2D eigenvalue weighted by atomic mass is 35.5. The molecule has 0 radical (unpaired) electrons. The van der Waals surface area contributed by atoms with E-state index in [4.69, 9.17) is 16.4 Å². The molecule has 1 aliphatic heterocycles. The Hall–Kier alpha value is -2.38. The molecule has 1 unspecified atom stereocenters. The smallest absolute Gasteiger partial charge is 0.268 e. The van der Waals surface area contributed by atoms with E-state index in [0.717, 1.165) is 4.88 Å². The molecule has 2 heterocycles. The summed E-state index contributed by atoms with van der Waals surface area (Å²) in [6.07, 6.45) is -0.275. The number of carbonyl (C=O) groups is 2. The summed E-state index contributed by atoms with van der Waals surface area (Å²) in [7, 11) is 0. The Bertz CT molecular complexity index is 801.